The Morgan fingerprint density at radius 3 is 2.30 bits per heavy atom. The SMILES string of the molecule is COc1ccc(Oc2ccc(N3C(=S)N[C@@H](c4ccccn4)[C@@H]3c3cc(C)n(CCCN4CCOCC4)c3C)cc2)cc1. The molecule has 2 aliphatic rings. The first-order valence-electron chi connectivity index (χ1n) is 14.9. The van der Waals surface area contributed by atoms with Crippen molar-refractivity contribution in [3.8, 4) is 17.2 Å². The zero-order valence-electron chi connectivity index (χ0n) is 25.0. The van der Waals surface area contributed by atoms with Gasteiger partial charge in [0, 0.05) is 49.5 Å². The summed E-state index contributed by atoms with van der Waals surface area (Å²) in [6.07, 6.45) is 2.94. The number of benzene rings is 2. The lowest BCUT2D eigenvalue weighted by atomic mass is 9.96. The molecule has 2 saturated heterocycles. The van der Waals surface area contributed by atoms with Gasteiger partial charge in [-0.25, -0.2) is 0 Å². The largest absolute Gasteiger partial charge is 0.497 e. The van der Waals surface area contributed by atoms with Crippen LogP contribution in [0.25, 0.3) is 0 Å². The van der Waals surface area contributed by atoms with E-state index in [4.69, 9.17) is 31.4 Å². The van der Waals surface area contributed by atoms with Crippen LogP contribution < -0.4 is 19.7 Å². The number of morpholine rings is 1. The number of anilines is 1. The zero-order chi connectivity index (χ0) is 29.8. The molecule has 2 aromatic heterocycles. The Hall–Kier alpha value is -3.92. The van der Waals surface area contributed by atoms with Crippen LogP contribution in [-0.2, 0) is 11.3 Å². The summed E-state index contributed by atoms with van der Waals surface area (Å²) in [5, 5.41) is 4.28. The Labute approximate surface area is 259 Å². The van der Waals surface area contributed by atoms with Crippen molar-refractivity contribution in [3.05, 3.63) is 102 Å². The van der Waals surface area contributed by atoms with Crippen molar-refractivity contribution in [3.63, 3.8) is 0 Å². The van der Waals surface area contributed by atoms with E-state index in [1.54, 1.807) is 7.11 Å². The number of thiocarbonyl (C=S) groups is 1. The maximum absolute atomic E-state index is 6.10. The standard InChI is InChI=1S/C34H39N5O3S/c1-24-23-30(25(2)38(24)18-6-17-37-19-21-41-22-20-37)33-32(31-7-4-5-16-35-31)36-34(43)39(33)26-8-10-28(11-9-26)42-29-14-12-27(40-3)13-15-29/h4-5,7-16,23,32-33H,6,17-22H2,1-3H3,(H,36,43)/t32-,33-/m0/s1. The lowest BCUT2D eigenvalue weighted by molar-refractivity contribution is 0.0369. The number of ether oxygens (including phenoxy) is 3. The van der Waals surface area contributed by atoms with Crippen LogP contribution in [0.4, 0.5) is 5.69 Å². The predicted molar refractivity (Wildman–Crippen MR) is 173 cm³/mol. The molecular weight excluding hydrogens is 558 g/mol. The summed E-state index contributed by atoms with van der Waals surface area (Å²) in [6, 6.07) is 23.9. The van der Waals surface area contributed by atoms with Crippen molar-refractivity contribution in [2.24, 2.45) is 0 Å². The van der Waals surface area contributed by atoms with Gasteiger partial charge >= 0.3 is 0 Å². The van der Waals surface area contributed by atoms with Crippen LogP contribution in [0.15, 0.2) is 79.0 Å². The summed E-state index contributed by atoms with van der Waals surface area (Å²) >= 11 is 5.98. The highest BCUT2D eigenvalue weighted by atomic mass is 32.1. The van der Waals surface area contributed by atoms with Gasteiger partial charge < -0.3 is 29.0 Å². The molecule has 0 unspecified atom stereocenters. The van der Waals surface area contributed by atoms with Gasteiger partial charge in [-0.2, -0.15) is 0 Å². The maximum Gasteiger partial charge on any atom is 0.174 e. The number of hydrogen-bond donors (Lipinski definition) is 1. The molecule has 0 aliphatic carbocycles. The van der Waals surface area contributed by atoms with Crippen molar-refractivity contribution in [1.29, 1.82) is 0 Å². The van der Waals surface area contributed by atoms with Gasteiger partial charge in [0.2, 0.25) is 0 Å². The monoisotopic (exact) mass is 597 g/mol. The Morgan fingerprint density at radius 1 is 0.930 bits per heavy atom. The molecule has 0 saturated carbocycles. The second kappa shape index (κ2) is 13.2. The predicted octanol–water partition coefficient (Wildman–Crippen LogP) is 6.20. The summed E-state index contributed by atoms with van der Waals surface area (Å²) in [6.45, 7) is 10.2. The quantitative estimate of drug-likeness (QED) is 0.217. The molecular formula is C34H39N5O3S. The first-order valence-corrected chi connectivity index (χ1v) is 15.3. The number of aromatic nitrogens is 2. The van der Waals surface area contributed by atoms with Gasteiger partial charge in [0.15, 0.2) is 5.11 Å². The van der Waals surface area contributed by atoms with Gasteiger partial charge in [-0.05, 0) is 105 Å². The molecule has 0 radical (unpaired) electrons. The summed E-state index contributed by atoms with van der Waals surface area (Å²) in [5.41, 5.74) is 5.75. The Balaban J connectivity index is 1.27. The number of methoxy groups -OCH3 is 1. The fraction of sp³-hybridized carbons (Fsp3) is 0.353. The third-order valence-corrected chi connectivity index (χ3v) is 8.71. The van der Waals surface area contributed by atoms with Crippen molar-refractivity contribution in [1.82, 2.24) is 19.8 Å². The molecule has 2 atom stereocenters. The molecule has 0 bridgehead atoms. The summed E-state index contributed by atoms with van der Waals surface area (Å²) in [7, 11) is 1.66. The minimum atomic E-state index is -0.0915. The third-order valence-electron chi connectivity index (χ3n) is 8.40. The minimum Gasteiger partial charge on any atom is -0.497 e. The Kier molecular flexibility index (Phi) is 8.92. The Bertz CT molecular complexity index is 1520. The highest BCUT2D eigenvalue weighted by molar-refractivity contribution is 7.80. The van der Waals surface area contributed by atoms with Crippen LogP contribution in [0.1, 0.15) is 41.1 Å². The molecule has 4 aromatic rings. The summed E-state index contributed by atoms with van der Waals surface area (Å²) in [4.78, 5) is 9.46. The van der Waals surface area contributed by atoms with E-state index in [0.717, 1.165) is 74.4 Å². The number of nitrogens with one attached hydrogen (secondary N) is 1. The average Bonchev–Trinajstić information content (AvgIpc) is 3.53. The first kappa shape index (κ1) is 29.2. The minimum absolute atomic E-state index is 0.0602. The lowest BCUT2D eigenvalue weighted by Crippen LogP contribution is -2.37. The first-order chi connectivity index (χ1) is 21.0. The van der Waals surface area contributed by atoms with Crippen molar-refractivity contribution >= 4 is 23.0 Å². The third kappa shape index (κ3) is 6.39. The Morgan fingerprint density at radius 2 is 1.63 bits per heavy atom. The molecule has 4 heterocycles. The van der Waals surface area contributed by atoms with E-state index in [1.165, 1.54) is 17.0 Å². The summed E-state index contributed by atoms with van der Waals surface area (Å²) < 4.78 is 19.3. The van der Waals surface area contributed by atoms with E-state index in [-0.39, 0.29) is 12.1 Å². The number of rotatable bonds is 10. The van der Waals surface area contributed by atoms with Gasteiger partial charge in [0.25, 0.3) is 0 Å². The van der Waals surface area contributed by atoms with Crippen molar-refractivity contribution in [2.75, 3.05) is 44.9 Å². The number of nitrogens with zero attached hydrogens (tertiary/aromatic N) is 4. The normalized spacial score (nSPS) is 19.0. The molecule has 0 amide bonds. The molecule has 9 heteroatoms. The highest BCUT2D eigenvalue weighted by Gasteiger charge is 2.42. The molecule has 43 heavy (non-hydrogen) atoms. The molecule has 2 aliphatic heterocycles. The van der Waals surface area contributed by atoms with E-state index in [0.29, 0.717) is 5.11 Å². The molecule has 2 fully saturated rings. The van der Waals surface area contributed by atoms with Gasteiger partial charge in [-0.15, -0.1) is 0 Å². The van der Waals surface area contributed by atoms with Gasteiger partial charge in [-0.3, -0.25) is 9.88 Å². The van der Waals surface area contributed by atoms with Crippen LogP contribution in [0.3, 0.4) is 0 Å². The number of pyridine rings is 1. The molecule has 0 spiro atoms. The van der Waals surface area contributed by atoms with E-state index in [9.17, 15) is 0 Å². The number of aryl methyl sites for hydroxylation is 1. The topological polar surface area (TPSA) is 64.0 Å². The fourth-order valence-electron chi connectivity index (χ4n) is 6.15. The molecule has 8 nitrogen and oxygen atoms in total. The van der Waals surface area contributed by atoms with Crippen LogP contribution in [-0.4, -0.2) is 59.5 Å². The molecule has 224 valence electrons. The van der Waals surface area contributed by atoms with E-state index < -0.39 is 0 Å². The van der Waals surface area contributed by atoms with Gasteiger partial charge in [-0.1, -0.05) is 6.07 Å². The van der Waals surface area contributed by atoms with E-state index >= 15 is 0 Å². The van der Waals surface area contributed by atoms with E-state index in [2.05, 4.69) is 57.8 Å². The van der Waals surface area contributed by atoms with Gasteiger partial charge in [0.1, 0.15) is 17.2 Å². The second-order valence-corrected chi connectivity index (χ2v) is 11.4. The van der Waals surface area contributed by atoms with Crippen LogP contribution in [0.2, 0.25) is 0 Å². The highest BCUT2D eigenvalue weighted by Crippen LogP contribution is 2.43. The average molecular weight is 598 g/mol. The molecule has 1 N–H and O–H groups in total. The van der Waals surface area contributed by atoms with Crippen LogP contribution in [0, 0.1) is 13.8 Å². The second-order valence-electron chi connectivity index (χ2n) is 11.1. The van der Waals surface area contributed by atoms with Crippen LogP contribution in [0.5, 0.6) is 17.2 Å². The van der Waals surface area contributed by atoms with Crippen molar-refractivity contribution in [2.45, 2.75) is 38.9 Å². The van der Waals surface area contributed by atoms with E-state index in [1.807, 2.05) is 54.7 Å². The zero-order valence-corrected chi connectivity index (χ0v) is 25.8. The molecule has 6 rings (SSSR count). The molecule has 2 aromatic carbocycles. The van der Waals surface area contributed by atoms with Crippen molar-refractivity contribution < 1.29 is 14.2 Å². The van der Waals surface area contributed by atoms with Gasteiger partial charge in [0.05, 0.1) is 38.1 Å². The maximum atomic E-state index is 6.10. The summed E-state index contributed by atoms with van der Waals surface area (Å²) in [5.74, 6) is 2.30. The fourth-order valence-corrected chi connectivity index (χ4v) is 6.50. The lowest BCUT2D eigenvalue weighted by Gasteiger charge is -2.28. The number of hydrogen-bond acceptors (Lipinski definition) is 6. The van der Waals surface area contributed by atoms with Crippen LogP contribution >= 0.6 is 12.2 Å². The smallest absolute Gasteiger partial charge is 0.174 e.